The van der Waals surface area contributed by atoms with E-state index in [0.29, 0.717) is 17.8 Å². The molecule has 2 amide bonds. The first kappa shape index (κ1) is 19.2. The van der Waals surface area contributed by atoms with Crippen molar-refractivity contribution in [3.8, 4) is 0 Å². The Balaban J connectivity index is 1.62. The lowest BCUT2D eigenvalue weighted by Gasteiger charge is -2.37. The van der Waals surface area contributed by atoms with E-state index in [2.05, 4.69) is 31.3 Å². The first-order valence-corrected chi connectivity index (χ1v) is 10.2. The lowest BCUT2D eigenvalue weighted by atomic mass is 9.77. The summed E-state index contributed by atoms with van der Waals surface area (Å²) in [6.07, 6.45) is 2.23. The molecular formula is C23H22N6O2. The van der Waals surface area contributed by atoms with E-state index in [1.54, 1.807) is 0 Å². The van der Waals surface area contributed by atoms with Crippen LogP contribution in [0.15, 0.2) is 42.5 Å². The van der Waals surface area contributed by atoms with E-state index in [4.69, 9.17) is 0 Å². The van der Waals surface area contributed by atoms with Crippen LogP contribution < -0.4 is 10.6 Å². The number of nitrogens with one attached hydrogen (secondary N) is 3. The lowest BCUT2D eigenvalue weighted by Crippen LogP contribution is -2.48. The van der Waals surface area contributed by atoms with Crippen molar-refractivity contribution in [3.63, 3.8) is 0 Å². The lowest BCUT2D eigenvalue weighted by molar-refractivity contribution is -0.118. The first-order valence-electron chi connectivity index (χ1n) is 10.2. The molecule has 0 saturated carbocycles. The Morgan fingerprint density at radius 2 is 1.97 bits per heavy atom. The van der Waals surface area contributed by atoms with Crippen molar-refractivity contribution in [1.82, 2.24) is 25.9 Å². The van der Waals surface area contributed by atoms with Gasteiger partial charge in [-0.2, -0.15) is 5.21 Å². The smallest absolute Gasteiger partial charge is 0.256 e. The second-order valence-electron chi connectivity index (χ2n) is 8.22. The minimum atomic E-state index is -0.505. The number of aromatic amines is 1. The standard InChI is InChI=1S/C23H22N6O2/c1-13-3-5-15(6-4-13)18-12-23(25-22(31)20(18)21-26-28-29-27-21)10-9-16-11-17(24-14(2)30)7-8-19(16)23/h3-8,11H,9-10,12H2,1-2H3,(H,24,30)(H,25,31)(H,26,27,28,29)/t23-/m0/s1. The maximum atomic E-state index is 13.4. The Hall–Kier alpha value is -3.81. The summed E-state index contributed by atoms with van der Waals surface area (Å²) in [5, 5.41) is 20.3. The highest BCUT2D eigenvalue weighted by molar-refractivity contribution is 6.27. The summed E-state index contributed by atoms with van der Waals surface area (Å²) in [4.78, 5) is 24.8. The van der Waals surface area contributed by atoms with Crippen LogP contribution in [0.2, 0.25) is 0 Å². The minimum Gasteiger partial charge on any atom is -0.342 e. The van der Waals surface area contributed by atoms with Gasteiger partial charge in [-0.15, -0.1) is 10.2 Å². The fourth-order valence-electron chi connectivity index (χ4n) is 4.70. The van der Waals surface area contributed by atoms with Crippen LogP contribution in [0.4, 0.5) is 5.69 Å². The van der Waals surface area contributed by atoms with E-state index >= 15 is 0 Å². The number of hydrogen-bond donors (Lipinski definition) is 3. The molecular weight excluding hydrogens is 392 g/mol. The third-order valence-electron chi connectivity index (χ3n) is 6.09. The van der Waals surface area contributed by atoms with Crippen molar-refractivity contribution in [1.29, 1.82) is 0 Å². The van der Waals surface area contributed by atoms with E-state index < -0.39 is 5.54 Å². The zero-order valence-corrected chi connectivity index (χ0v) is 17.3. The second-order valence-corrected chi connectivity index (χ2v) is 8.22. The first-order chi connectivity index (χ1) is 14.9. The number of hydrogen-bond acceptors (Lipinski definition) is 5. The van der Waals surface area contributed by atoms with Gasteiger partial charge in [-0.25, -0.2) is 0 Å². The third-order valence-corrected chi connectivity index (χ3v) is 6.09. The van der Waals surface area contributed by atoms with Crippen LogP contribution >= 0.6 is 0 Å². The monoisotopic (exact) mass is 414 g/mol. The number of amides is 2. The molecule has 1 aromatic heterocycles. The van der Waals surface area contributed by atoms with E-state index in [0.717, 1.165) is 46.4 Å². The number of anilines is 1. The number of benzene rings is 2. The molecule has 1 aliphatic carbocycles. The molecule has 2 aliphatic rings. The molecule has 8 heteroatoms. The summed E-state index contributed by atoms with van der Waals surface area (Å²) < 4.78 is 0. The van der Waals surface area contributed by atoms with Gasteiger partial charge in [-0.05, 0) is 59.4 Å². The van der Waals surface area contributed by atoms with Crippen LogP contribution in [0.5, 0.6) is 0 Å². The Bertz CT molecular complexity index is 1210. The van der Waals surface area contributed by atoms with Crippen molar-refractivity contribution in [2.45, 2.75) is 38.6 Å². The van der Waals surface area contributed by atoms with Crippen LogP contribution in [0.25, 0.3) is 11.1 Å². The fraction of sp³-hybridized carbons (Fsp3) is 0.261. The van der Waals surface area contributed by atoms with Crippen LogP contribution in [0.1, 0.15) is 47.8 Å². The van der Waals surface area contributed by atoms with E-state index in [-0.39, 0.29) is 11.8 Å². The Morgan fingerprint density at radius 3 is 2.68 bits per heavy atom. The van der Waals surface area contributed by atoms with Gasteiger partial charge >= 0.3 is 0 Å². The Kier molecular flexibility index (Phi) is 4.43. The number of fused-ring (bicyclic) bond motifs is 2. The molecule has 0 saturated heterocycles. The average Bonchev–Trinajstić information content (AvgIpc) is 3.37. The Labute approximate surface area is 179 Å². The normalized spacial score (nSPS) is 20.0. The molecule has 0 bridgehead atoms. The number of rotatable bonds is 3. The maximum absolute atomic E-state index is 13.4. The van der Waals surface area contributed by atoms with E-state index in [1.165, 1.54) is 6.92 Å². The van der Waals surface area contributed by atoms with Crippen molar-refractivity contribution < 1.29 is 9.59 Å². The molecule has 1 spiro atoms. The number of nitrogens with zero attached hydrogens (tertiary/aromatic N) is 3. The van der Waals surface area contributed by atoms with Gasteiger partial charge < -0.3 is 10.6 Å². The van der Waals surface area contributed by atoms with Gasteiger partial charge in [0.05, 0.1) is 11.1 Å². The predicted molar refractivity (Wildman–Crippen MR) is 116 cm³/mol. The molecule has 1 atom stereocenters. The van der Waals surface area contributed by atoms with E-state index in [1.807, 2.05) is 49.4 Å². The number of aromatic nitrogens is 4. The molecule has 156 valence electrons. The highest BCUT2D eigenvalue weighted by Gasteiger charge is 2.46. The average molecular weight is 414 g/mol. The highest BCUT2D eigenvalue weighted by atomic mass is 16.2. The van der Waals surface area contributed by atoms with Gasteiger partial charge in [0, 0.05) is 19.0 Å². The molecule has 2 heterocycles. The summed E-state index contributed by atoms with van der Waals surface area (Å²) in [5.41, 5.74) is 5.97. The van der Waals surface area contributed by atoms with Crippen molar-refractivity contribution >= 4 is 28.6 Å². The molecule has 2 aromatic carbocycles. The largest absolute Gasteiger partial charge is 0.342 e. The molecule has 8 nitrogen and oxygen atoms in total. The van der Waals surface area contributed by atoms with Gasteiger partial charge in [0.15, 0.2) is 0 Å². The van der Waals surface area contributed by atoms with Crippen molar-refractivity contribution in [3.05, 3.63) is 70.5 Å². The van der Waals surface area contributed by atoms with Gasteiger partial charge in [-0.1, -0.05) is 35.9 Å². The fourth-order valence-corrected chi connectivity index (χ4v) is 4.70. The quantitative estimate of drug-likeness (QED) is 0.610. The maximum Gasteiger partial charge on any atom is 0.256 e. The molecule has 1 aliphatic heterocycles. The second kappa shape index (κ2) is 7.16. The molecule has 5 rings (SSSR count). The number of carbonyl (C=O) groups excluding carboxylic acids is 2. The van der Waals surface area contributed by atoms with Crippen LogP contribution in [0, 0.1) is 6.92 Å². The van der Waals surface area contributed by atoms with Crippen LogP contribution in [0.3, 0.4) is 0 Å². The van der Waals surface area contributed by atoms with E-state index in [9.17, 15) is 9.59 Å². The predicted octanol–water partition coefficient (Wildman–Crippen LogP) is 2.74. The number of H-pyrrole nitrogens is 1. The molecule has 0 unspecified atom stereocenters. The van der Waals surface area contributed by atoms with Crippen molar-refractivity contribution in [2.24, 2.45) is 0 Å². The zero-order valence-electron chi connectivity index (χ0n) is 17.3. The highest BCUT2D eigenvalue weighted by Crippen LogP contribution is 2.48. The topological polar surface area (TPSA) is 113 Å². The van der Waals surface area contributed by atoms with Crippen LogP contribution in [-0.2, 0) is 21.5 Å². The summed E-state index contributed by atoms with van der Waals surface area (Å²) in [6.45, 7) is 3.53. The summed E-state index contributed by atoms with van der Waals surface area (Å²) in [7, 11) is 0. The van der Waals surface area contributed by atoms with Crippen molar-refractivity contribution in [2.75, 3.05) is 5.32 Å². The summed E-state index contributed by atoms with van der Waals surface area (Å²) in [5.74, 6) is -0.0165. The molecule has 0 radical (unpaired) electrons. The molecule has 3 aromatic rings. The number of tetrazole rings is 1. The summed E-state index contributed by atoms with van der Waals surface area (Å²) >= 11 is 0. The minimum absolute atomic E-state index is 0.104. The number of carbonyl (C=O) groups is 2. The van der Waals surface area contributed by atoms with Gasteiger partial charge in [0.25, 0.3) is 5.91 Å². The third kappa shape index (κ3) is 3.30. The molecule has 31 heavy (non-hydrogen) atoms. The zero-order chi connectivity index (χ0) is 21.6. The van der Waals surface area contributed by atoms with Gasteiger partial charge in [0.1, 0.15) is 0 Å². The van der Waals surface area contributed by atoms with Gasteiger partial charge in [-0.3, -0.25) is 9.59 Å². The van der Waals surface area contributed by atoms with Gasteiger partial charge in [0.2, 0.25) is 11.7 Å². The van der Waals surface area contributed by atoms with Crippen LogP contribution in [-0.4, -0.2) is 32.4 Å². The molecule has 3 N–H and O–H groups in total. The SMILES string of the molecule is CC(=O)Nc1ccc2c(c1)CC[C@]21CC(c2ccc(C)cc2)=C(c2nn[nH]n2)C(=O)N1. The molecule has 0 fully saturated rings. The Morgan fingerprint density at radius 1 is 1.16 bits per heavy atom. The number of aryl methyl sites for hydroxylation is 2. The summed E-state index contributed by atoms with van der Waals surface area (Å²) in [6, 6.07) is 14.1.